The minimum atomic E-state index is -1.63. The minimum Gasteiger partial charge on any atom is -0.394 e. The number of aromatic amines is 1. The molecule has 1 aromatic carbocycles. The van der Waals surface area contributed by atoms with E-state index in [2.05, 4.69) is 10.1 Å². The van der Waals surface area contributed by atoms with Crippen molar-refractivity contribution < 1.29 is 30.0 Å². The monoisotopic (exact) mass is 334 g/mol. The van der Waals surface area contributed by atoms with Crippen molar-refractivity contribution in [3.05, 3.63) is 36.0 Å². The van der Waals surface area contributed by atoms with Crippen molar-refractivity contribution in [2.75, 3.05) is 6.61 Å². The quantitative estimate of drug-likeness (QED) is 0.502. The molecule has 3 heterocycles. The number of nitrogens with zero attached hydrogens (tertiary/aromatic N) is 1. The number of H-pyrrole nitrogens is 1. The van der Waals surface area contributed by atoms with E-state index in [-0.39, 0.29) is 6.42 Å². The van der Waals surface area contributed by atoms with E-state index in [1.54, 1.807) is 0 Å². The number of rotatable bonds is 2. The summed E-state index contributed by atoms with van der Waals surface area (Å²) in [6.07, 6.45) is -5.41. The molecule has 5 atom stereocenters. The molecule has 0 amide bonds. The maximum absolute atomic E-state index is 10.3. The summed E-state index contributed by atoms with van der Waals surface area (Å²) in [4.78, 5) is 8.53. The van der Waals surface area contributed by atoms with Gasteiger partial charge >= 0.3 is 0 Å². The molecule has 0 radical (unpaired) electrons. The minimum absolute atomic E-state index is 0.0707. The lowest BCUT2D eigenvalue weighted by Gasteiger charge is -2.44. The van der Waals surface area contributed by atoms with Crippen LogP contribution in [0.25, 0.3) is 10.9 Å². The molecule has 4 rings (SSSR count). The van der Waals surface area contributed by atoms with E-state index in [9.17, 15) is 20.4 Å². The Morgan fingerprint density at radius 3 is 2.75 bits per heavy atom. The first-order valence-corrected chi connectivity index (χ1v) is 7.70. The zero-order valence-corrected chi connectivity index (χ0v) is 12.7. The third-order valence-electron chi connectivity index (χ3n) is 4.60. The Kier molecular flexibility index (Phi) is 3.59. The van der Waals surface area contributed by atoms with E-state index >= 15 is 0 Å². The summed E-state index contributed by atoms with van der Waals surface area (Å²) >= 11 is 0. The first-order valence-electron chi connectivity index (χ1n) is 7.70. The second kappa shape index (κ2) is 5.54. The van der Waals surface area contributed by atoms with E-state index in [1.165, 1.54) is 0 Å². The molecule has 1 fully saturated rings. The standard InChI is InChI=1S/C16H18N2O6/c19-7-12-13(20)14(21)15(22)16(23-12)6-11(18-24-16)10-5-8-3-1-2-4-9(8)17-10/h1-5,12-15,17,19-22H,6-7H2/t12-,13-,14+,15-,16-/m1/s1. The summed E-state index contributed by atoms with van der Waals surface area (Å²) in [5, 5.41) is 44.4. The van der Waals surface area contributed by atoms with Crippen molar-refractivity contribution in [2.24, 2.45) is 5.16 Å². The van der Waals surface area contributed by atoms with E-state index in [4.69, 9.17) is 9.57 Å². The van der Waals surface area contributed by atoms with Crippen molar-refractivity contribution in [3.8, 4) is 0 Å². The van der Waals surface area contributed by atoms with Crippen LogP contribution in [0.3, 0.4) is 0 Å². The highest BCUT2D eigenvalue weighted by atomic mass is 16.8. The predicted molar refractivity (Wildman–Crippen MR) is 83.2 cm³/mol. The fourth-order valence-electron chi connectivity index (χ4n) is 3.23. The normalized spacial score (nSPS) is 36.1. The van der Waals surface area contributed by atoms with Gasteiger partial charge in [-0.3, -0.25) is 0 Å². The summed E-state index contributed by atoms with van der Waals surface area (Å²) in [5.74, 6) is -1.63. The lowest BCUT2D eigenvalue weighted by atomic mass is 9.89. The number of fused-ring (bicyclic) bond motifs is 1. The Labute approximate surface area is 136 Å². The molecule has 1 aromatic heterocycles. The van der Waals surface area contributed by atoms with E-state index in [0.29, 0.717) is 11.4 Å². The number of hydrogen-bond acceptors (Lipinski definition) is 7. The van der Waals surface area contributed by atoms with Gasteiger partial charge in [0, 0.05) is 10.9 Å². The fraction of sp³-hybridized carbons (Fsp3) is 0.438. The largest absolute Gasteiger partial charge is 0.394 e. The smallest absolute Gasteiger partial charge is 0.271 e. The van der Waals surface area contributed by atoms with Gasteiger partial charge in [0.05, 0.1) is 18.7 Å². The third-order valence-corrected chi connectivity index (χ3v) is 4.60. The predicted octanol–water partition coefficient (Wildman–Crippen LogP) is -0.538. The zero-order chi connectivity index (χ0) is 16.9. The number of aliphatic hydroxyl groups excluding tert-OH is 4. The molecular formula is C16H18N2O6. The molecule has 0 bridgehead atoms. The van der Waals surface area contributed by atoms with Gasteiger partial charge in [-0.05, 0) is 12.1 Å². The average molecular weight is 334 g/mol. The Balaban J connectivity index is 1.62. The molecule has 5 N–H and O–H groups in total. The molecule has 8 heteroatoms. The fourth-order valence-corrected chi connectivity index (χ4v) is 3.23. The molecule has 1 spiro atoms. The lowest BCUT2D eigenvalue weighted by Crippen LogP contribution is -2.65. The van der Waals surface area contributed by atoms with Crippen molar-refractivity contribution in [1.82, 2.24) is 4.98 Å². The zero-order valence-electron chi connectivity index (χ0n) is 12.7. The van der Waals surface area contributed by atoms with Gasteiger partial charge in [-0.15, -0.1) is 0 Å². The Bertz CT molecular complexity index is 755. The van der Waals surface area contributed by atoms with Crippen LogP contribution in [0.5, 0.6) is 0 Å². The number of aromatic nitrogens is 1. The summed E-state index contributed by atoms with van der Waals surface area (Å²) in [6.45, 7) is -0.516. The summed E-state index contributed by atoms with van der Waals surface area (Å²) in [5.41, 5.74) is 2.17. The van der Waals surface area contributed by atoms with Crippen LogP contribution in [0.1, 0.15) is 12.1 Å². The third kappa shape index (κ3) is 2.23. The first-order chi connectivity index (χ1) is 11.5. The lowest BCUT2D eigenvalue weighted by molar-refractivity contribution is -0.355. The van der Waals surface area contributed by atoms with Crippen LogP contribution in [0.2, 0.25) is 0 Å². The van der Waals surface area contributed by atoms with Crippen LogP contribution in [0, 0.1) is 0 Å². The summed E-state index contributed by atoms with van der Waals surface area (Å²) in [6, 6.07) is 9.62. The summed E-state index contributed by atoms with van der Waals surface area (Å²) in [7, 11) is 0. The number of hydrogen-bond donors (Lipinski definition) is 5. The van der Waals surface area contributed by atoms with Crippen LogP contribution in [-0.2, 0) is 9.57 Å². The highest BCUT2D eigenvalue weighted by Gasteiger charge is 2.58. The second-order valence-corrected chi connectivity index (χ2v) is 6.15. The van der Waals surface area contributed by atoms with Crippen LogP contribution >= 0.6 is 0 Å². The van der Waals surface area contributed by atoms with Crippen LogP contribution < -0.4 is 0 Å². The highest BCUT2D eigenvalue weighted by molar-refractivity contribution is 6.03. The molecule has 2 aliphatic rings. The van der Waals surface area contributed by atoms with Gasteiger partial charge in [0.15, 0.2) is 6.10 Å². The molecule has 2 aliphatic heterocycles. The van der Waals surface area contributed by atoms with Crippen LogP contribution in [-0.4, -0.2) is 67.9 Å². The van der Waals surface area contributed by atoms with Gasteiger partial charge in [0.25, 0.3) is 5.79 Å². The van der Waals surface area contributed by atoms with E-state index in [1.807, 2.05) is 30.3 Å². The van der Waals surface area contributed by atoms with Crippen molar-refractivity contribution in [1.29, 1.82) is 0 Å². The van der Waals surface area contributed by atoms with Crippen molar-refractivity contribution in [3.63, 3.8) is 0 Å². The van der Waals surface area contributed by atoms with Crippen LogP contribution in [0.4, 0.5) is 0 Å². The maximum Gasteiger partial charge on any atom is 0.271 e. The van der Waals surface area contributed by atoms with Gasteiger partial charge in [0.1, 0.15) is 24.0 Å². The van der Waals surface area contributed by atoms with Gasteiger partial charge in [0.2, 0.25) is 0 Å². The van der Waals surface area contributed by atoms with Gasteiger partial charge < -0.3 is 35.0 Å². The van der Waals surface area contributed by atoms with E-state index in [0.717, 1.165) is 10.9 Å². The SMILES string of the molecule is OC[C@H]1O[C@@]2(CC(c3cc4ccccc4[nH]3)=NO2)[C@H](O)[C@@H](O)[C@@H]1O. The number of benzene rings is 1. The Morgan fingerprint density at radius 2 is 2.00 bits per heavy atom. The Hall–Kier alpha value is -1.97. The van der Waals surface area contributed by atoms with Crippen molar-refractivity contribution in [2.45, 2.75) is 36.6 Å². The molecule has 0 unspecified atom stereocenters. The number of aliphatic hydroxyl groups is 4. The number of oxime groups is 1. The molecule has 2 aromatic rings. The van der Waals surface area contributed by atoms with Gasteiger partial charge in [-0.2, -0.15) is 0 Å². The molecule has 24 heavy (non-hydrogen) atoms. The number of para-hydroxylation sites is 1. The highest BCUT2D eigenvalue weighted by Crippen LogP contribution is 2.38. The molecule has 0 aliphatic carbocycles. The number of ether oxygens (including phenoxy) is 1. The average Bonchev–Trinajstić information content (AvgIpc) is 3.21. The van der Waals surface area contributed by atoms with E-state index < -0.39 is 36.8 Å². The molecule has 0 saturated carbocycles. The van der Waals surface area contributed by atoms with Crippen LogP contribution in [0.15, 0.2) is 35.5 Å². The van der Waals surface area contributed by atoms with Gasteiger partial charge in [-0.25, -0.2) is 0 Å². The first kappa shape index (κ1) is 15.6. The second-order valence-electron chi connectivity index (χ2n) is 6.15. The van der Waals surface area contributed by atoms with Gasteiger partial charge in [-0.1, -0.05) is 23.4 Å². The number of nitrogens with one attached hydrogen (secondary N) is 1. The Morgan fingerprint density at radius 1 is 1.21 bits per heavy atom. The molecular weight excluding hydrogens is 316 g/mol. The molecule has 128 valence electrons. The summed E-state index contributed by atoms with van der Waals surface area (Å²) < 4.78 is 5.54. The maximum atomic E-state index is 10.3. The topological polar surface area (TPSA) is 128 Å². The van der Waals surface area contributed by atoms with Crippen molar-refractivity contribution >= 4 is 16.6 Å². The molecule has 1 saturated heterocycles. The molecule has 8 nitrogen and oxygen atoms in total.